The zero-order chi connectivity index (χ0) is 22.6. The Morgan fingerprint density at radius 2 is 1.84 bits per heavy atom. The summed E-state index contributed by atoms with van der Waals surface area (Å²) in [6.07, 6.45) is 2.73. The Balaban J connectivity index is 1.35. The number of rotatable bonds is 5. The number of benzene rings is 1. The molecule has 1 unspecified atom stereocenters. The van der Waals surface area contributed by atoms with Crippen molar-refractivity contribution in [3.8, 4) is 0 Å². The molecule has 0 saturated carbocycles. The molecular weight excluding hydrogens is 402 g/mol. The number of piperazine rings is 1. The number of fused-ring (bicyclic) bond motifs is 1. The first kappa shape index (κ1) is 23.1. The molecule has 1 N–H and O–H groups in total. The van der Waals surface area contributed by atoms with E-state index in [4.69, 9.17) is 9.73 Å². The average Bonchev–Trinajstić information content (AvgIpc) is 3.36. The lowest BCUT2D eigenvalue weighted by Crippen LogP contribution is -2.56. The lowest BCUT2D eigenvalue weighted by atomic mass is 9.94. The molecular formula is C25H39N5O2. The van der Waals surface area contributed by atoms with Crippen LogP contribution < -0.4 is 5.32 Å². The zero-order valence-electron chi connectivity index (χ0n) is 20.0. The highest BCUT2D eigenvalue weighted by Crippen LogP contribution is 2.25. The van der Waals surface area contributed by atoms with Gasteiger partial charge in [-0.2, -0.15) is 0 Å². The van der Waals surface area contributed by atoms with Gasteiger partial charge in [0.2, 0.25) is 0 Å². The first-order chi connectivity index (χ1) is 15.5. The zero-order valence-corrected chi connectivity index (χ0v) is 20.0. The molecule has 0 bridgehead atoms. The number of amides is 1. The third-order valence-electron chi connectivity index (χ3n) is 7.03. The van der Waals surface area contributed by atoms with E-state index < -0.39 is 0 Å². The summed E-state index contributed by atoms with van der Waals surface area (Å²) in [5.74, 6) is 1.12. The highest BCUT2D eigenvalue weighted by molar-refractivity contribution is 5.83. The van der Waals surface area contributed by atoms with Crippen molar-refractivity contribution in [1.82, 2.24) is 20.0 Å². The van der Waals surface area contributed by atoms with Crippen LogP contribution in [0.4, 0.5) is 0 Å². The van der Waals surface area contributed by atoms with Crippen molar-refractivity contribution in [1.29, 1.82) is 0 Å². The van der Waals surface area contributed by atoms with E-state index in [1.807, 2.05) is 4.90 Å². The van der Waals surface area contributed by atoms with Crippen molar-refractivity contribution < 1.29 is 9.53 Å². The predicted molar refractivity (Wildman–Crippen MR) is 128 cm³/mol. The highest BCUT2D eigenvalue weighted by Gasteiger charge is 2.32. The summed E-state index contributed by atoms with van der Waals surface area (Å²) in [7, 11) is 0. The molecule has 3 aliphatic rings. The summed E-state index contributed by atoms with van der Waals surface area (Å²) in [6.45, 7) is 14.1. The molecule has 0 spiro atoms. The van der Waals surface area contributed by atoms with Crippen molar-refractivity contribution in [2.45, 2.75) is 58.2 Å². The molecule has 4 rings (SSSR count). The maximum Gasteiger partial charge on any atom is 0.251 e. The largest absolute Gasteiger partial charge is 0.368 e. The minimum atomic E-state index is -0.223. The normalized spacial score (nSPS) is 22.7. The monoisotopic (exact) mass is 441 g/mol. The lowest BCUT2D eigenvalue weighted by Gasteiger charge is -2.41. The Hall–Kier alpha value is -2.12. The van der Waals surface area contributed by atoms with E-state index in [2.05, 4.69) is 60.2 Å². The molecule has 1 atom stereocenters. The topological polar surface area (TPSA) is 60.4 Å². The molecule has 7 heteroatoms. The van der Waals surface area contributed by atoms with E-state index in [1.54, 1.807) is 0 Å². The van der Waals surface area contributed by atoms with Crippen molar-refractivity contribution in [2.24, 2.45) is 4.99 Å². The van der Waals surface area contributed by atoms with Gasteiger partial charge in [0.05, 0.1) is 6.54 Å². The van der Waals surface area contributed by atoms with Gasteiger partial charge in [-0.25, -0.2) is 0 Å². The van der Waals surface area contributed by atoms with Gasteiger partial charge >= 0.3 is 0 Å². The van der Waals surface area contributed by atoms with Crippen molar-refractivity contribution >= 4 is 11.9 Å². The average molecular weight is 442 g/mol. The maximum absolute atomic E-state index is 12.7. The van der Waals surface area contributed by atoms with Crippen LogP contribution in [0.2, 0.25) is 0 Å². The summed E-state index contributed by atoms with van der Waals surface area (Å²) in [6, 6.07) is 8.79. The second-order valence-electron chi connectivity index (χ2n) is 9.74. The Morgan fingerprint density at radius 3 is 2.53 bits per heavy atom. The molecule has 1 aromatic carbocycles. The first-order valence-corrected chi connectivity index (χ1v) is 12.2. The van der Waals surface area contributed by atoms with E-state index in [1.165, 1.54) is 11.1 Å². The van der Waals surface area contributed by atoms with Crippen molar-refractivity contribution in [3.05, 3.63) is 35.4 Å². The van der Waals surface area contributed by atoms with Crippen LogP contribution in [-0.4, -0.2) is 90.6 Å². The molecule has 2 fully saturated rings. The highest BCUT2D eigenvalue weighted by atomic mass is 16.5. The number of hydrogen-bond acceptors (Lipinski definition) is 4. The smallest absolute Gasteiger partial charge is 0.251 e. The van der Waals surface area contributed by atoms with Gasteiger partial charge in [0.25, 0.3) is 5.91 Å². The molecule has 1 aromatic rings. The molecule has 3 heterocycles. The molecule has 32 heavy (non-hydrogen) atoms. The van der Waals surface area contributed by atoms with Gasteiger partial charge in [-0.1, -0.05) is 24.3 Å². The molecule has 7 nitrogen and oxygen atoms in total. The first-order valence-electron chi connectivity index (χ1n) is 12.2. The summed E-state index contributed by atoms with van der Waals surface area (Å²) in [5, 5.41) is 3.47. The number of guanidine groups is 1. The van der Waals surface area contributed by atoms with Crippen LogP contribution in [0.15, 0.2) is 29.3 Å². The van der Waals surface area contributed by atoms with Gasteiger partial charge in [0.1, 0.15) is 6.10 Å². The van der Waals surface area contributed by atoms with E-state index >= 15 is 0 Å². The van der Waals surface area contributed by atoms with Crippen LogP contribution >= 0.6 is 0 Å². The number of carbonyl (C=O) groups excluding carboxylic acids is 1. The third-order valence-corrected chi connectivity index (χ3v) is 7.03. The number of hydrogen-bond donors (Lipinski definition) is 1. The van der Waals surface area contributed by atoms with Gasteiger partial charge in [-0.15, -0.1) is 0 Å². The van der Waals surface area contributed by atoms with Crippen LogP contribution in [0.1, 0.15) is 44.7 Å². The predicted octanol–water partition coefficient (Wildman–Crippen LogP) is 2.11. The van der Waals surface area contributed by atoms with E-state index in [-0.39, 0.29) is 17.6 Å². The van der Waals surface area contributed by atoms with Gasteiger partial charge in [0.15, 0.2) is 5.96 Å². The SMILES string of the molecule is CCNC(=NCC(C)(C)N1CCc2ccccc2C1)N1CCN(C(=O)C2CCCO2)CC1. The minimum Gasteiger partial charge on any atom is -0.368 e. The third kappa shape index (κ3) is 5.26. The Bertz CT molecular complexity index is 810. The molecule has 0 radical (unpaired) electrons. The number of aliphatic imine (C=N–C) groups is 1. The summed E-state index contributed by atoms with van der Waals surface area (Å²) < 4.78 is 5.59. The van der Waals surface area contributed by atoms with Gasteiger partial charge in [-0.05, 0) is 51.2 Å². The fourth-order valence-corrected chi connectivity index (χ4v) is 4.92. The number of carbonyl (C=O) groups is 1. The summed E-state index contributed by atoms with van der Waals surface area (Å²) >= 11 is 0. The number of ether oxygens (including phenoxy) is 1. The fourth-order valence-electron chi connectivity index (χ4n) is 4.92. The second-order valence-corrected chi connectivity index (χ2v) is 9.74. The van der Waals surface area contributed by atoms with Crippen LogP contribution in [0, 0.1) is 0 Å². The summed E-state index contributed by atoms with van der Waals surface area (Å²) in [5.41, 5.74) is 2.90. The lowest BCUT2D eigenvalue weighted by molar-refractivity contribution is -0.142. The van der Waals surface area contributed by atoms with Gasteiger partial charge in [0, 0.05) is 58.0 Å². The van der Waals surface area contributed by atoms with Crippen LogP contribution in [0.25, 0.3) is 0 Å². The Morgan fingerprint density at radius 1 is 1.12 bits per heavy atom. The van der Waals surface area contributed by atoms with E-state index in [0.717, 1.165) is 77.6 Å². The fraction of sp³-hybridized carbons (Fsp3) is 0.680. The Labute approximate surface area is 192 Å². The minimum absolute atomic E-state index is 0.0220. The van der Waals surface area contributed by atoms with E-state index in [0.29, 0.717) is 6.61 Å². The Kier molecular flexibility index (Phi) is 7.36. The number of nitrogens with zero attached hydrogens (tertiary/aromatic N) is 4. The summed E-state index contributed by atoms with van der Waals surface area (Å²) in [4.78, 5) is 24.5. The van der Waals surface area contributed by atoms with Gasteiger partial charge in [-0.3, -0.25) is 14.7 Å². The maximum atomic E-state index is 12.7. The van der Waals surface area contributed by atoms with Crippen LogP contribution in [0.5, 0.6) is 0 Å². The number of nitrogens with one attached hydrogen (secondary N) is 1. The second kappa shape index (κ2) is 10.2. The molecule has 3 aliphatic heterocycles. The quantitative estimate of drug-likeness (QED) is 0.560. The van der Waals surface area contributed by atoms with Gasteiger partial charge < -0.3 is 19.9 Å². The van der Waals surface area contributed by atoms with E-state index in [9.17, 15) is 4.79 Å². The standard InChI is InChI=1S/C25H39N5O2/c1-4-26-24(29-15-13-28(14-16-29)23(31)22-10-7-17-32-22)27-19-25(2,3)30-12-11-20-8-5-6-9-21(20)18-30/h5-6,8-9,22H,4,7,10-19H2,1-3H3,(H,26,27). The molecule has 176 valence electrons. The molecule has 0 aliphatic carbocycles. The molecule has 0 aromatic heterocycles. The van der Waals surface area contributed by atoms with Crippen LogP contribution in [-0.2, 0) is 22.5 Å². The molecule has 1 amide bonds. The van der Waals surface area contributed by atoms with Crippen molar-refractivity contribution in [3.63, 3.8) is 0 Å². The molecule has 2 saturated heterocycles. The van der Waals surface area contributed by atoms with Crippen LogP contribution in [0.3, 0.4) is 0 Å². The van der Waals surface area contributed by atoms with Crippen molar-refractivity contribution in [2.75, 3.05) is 52.4 Å².